The standard InChI is InChI=1S/C16H19FN4O2/c1-20-8-7-19-16(20)14-10-18-6-9-21(14)15(22)11-23-13-4-2-12(17)3-5-13/h2-5,7-8,14,18H,6,9-11H2,1H3. The van der Waals surface area contributed by atoms with E-state index in [1.54, 1.807) is 11.1 Å². The van der Waals surface area contributed by atoms with Crippen LogP contribution in [0.15, 0.2) is 36.7 Å². The number of hydrogen-bond acceptors (Lipinski definition) is 4. The van der Waals surface area contributed by atoms with E-state index in [1.165, 1.54) is 24.3 Å². The fourth-order valence-electron chi connectivity index (χ4n) is 2.69. The summed E-state index contributed by atoms with van der Waals surface area (Å²) in [6, 6.07) is 5.52. The molecular formula is C16H19FN4O2. The van der Waals surface area contributed by atoms with E-state index in [0.29, 0.717) is 18.8 Å². The lowest BCUT2D eigenvalue weighted by atomic mass is 10.1. The van der Waals surface area contributed by atoms with Gasteiger partial charge in [0.2, 0.25) is 0 Å². The zero-order valence-electron chi connectivity index (χ0n) is 12.9. The SMILES string of the molecule is Cn1ccnc1C1CNCCN1C(=O)COc1ccc(F)cc1. The predicted octanol–water partition coefficient (Wildman–Crippen LogP) is 1.11. The van der Waals surface area contributed by atoms with Gasteiger partial charge in [-0.3, -0.25) is 4.79 Å². The number of carbonyl (C=O) groups excluding carboxylic acids is 1. The van der Waals surface area contributed by atoms with E-state index in [4.69, 9.17) is 4.74 Å². The number of carbonyl (C=O) groups is 1. The number of amides is 1. The summed E-state index contributed by atoms with van der Waals surface area (Å²) < 4.78 is 20.3. The number of rotatable bonds is 4. The number of imidazole rings is 1. The van der Waals surface area contributed by atoms with Crippen LogP contribution < -0.4 is 10.1 Å². The number of benzene rings is 1. The molecular weight excluding hydrogens is 299 g/mol. The molecule has 122 valence electrons. The average Bonchev–Trinajstić information content (AvgIpc) is 3.00. The lowest BCUT2D eigenvalue weighted by Gasteiger charge is -2.35. The molecule has 0 radical (unpaired) electrons. The van der Waals surface area contributed by atoms with Crippen molar-refractivity contribution < 1.29 is 13.9 Å². The Bertz CT molecular complexity index is 671. The molecule has 0 saturated carbocycles. The van der Waals surface area contributed by atoms with Crippen molar-refractivity contribution in [1.29, 1.82) is 0 Å². The zero-order valence-corrected chi connectivity index (χ0v) is 12.9. The summed E-state index contributed by atoms with van der Waals surface area (Å²) in [6.45, 7) is 1.92. The van der Waals surface area contributed by atoms with Crippen LogP contribution in [0.4, 0.5) is 4.39 Å². The summed E-state index contributed by atoms with van der Waals surface area (Å²) in [6.07, 6.45) is 3.59. The van der Waals surface area contributed by atoms with Crippen molar-refractivity contribution in [3.63, 3.8) is 0 Å². The van der Waals surface area contributed by atoms with Gasteiger partial charge in [0.05, 0.1) is 0 Å². The molecule has 6 nitrogen and oxygen atoms in total. The molecule has 3 rings (SSSR count). The Morgan fingerprint density at radius 2 is 2.22 bits per heavy atom. The van der Waals surface area contributed by atoms with Crippen molar-refractivity contribution >= 4 is 5.91 Å². The summed E-state index contributed by atoms with van der Waals surface area (Å²) in [4.78, 5) is 18.6. The molecule has 1 amide bonds. The van der Waals surface area contributed by atoms with Gasteiger partial charge >= 0.3 is 0 Å². The molecule has 0 spiro atoms. The molecule has 1 aliphatic heterocycles. The fourth-order valence-corrected chi connectivity index (χ4v) is 2.69. The first-order valence-electron chi connectivity index (χ1n) is 7.51. The third kappa shape index (κ3) is 3.50. The second-order valence-corrected chi connectivity index (χ2v) is 5.45. The van der Waals surface area contributed by atoms with Gasteiger partial charge in [-0.2, -0.15) is 0 Å². The van der Waals surface area contributed by atoms with Crippen LogP contribution >= 0.6 is 0 Å². The van der Waals surface area contributed by atoms with Crippen molar-refractivity contribution in [2.75, 3.05) is 26.2 Å². The third-order valence-corrected chi connectivity index (χ3v) is 3.90. The molecule has 0 aliphatic carbocycles. The number of hydrogen-bond donors (Lipinski definition) is 1. The van der Waals surface area contributed by atoms with Crippen LogP contribution in [0.25, 0.3) is 0 Å². The molecule has 1 fully saturated rings. The summed E-state index contributed by atoms with van der Waals surface area (Å²) in [7, 11) is 1.91. The Morgan fingerprint density at radius 3 is 2.91 bits per heavy atom. The summed E-state index contributed by atoms with van der Waals surface area (Å²) in [5.41, 5.74) is 0. The van der Waals surface area contributed by atoms with E-state index in [9.17, 15) is 9.18 Å². The Hall–Kier alpha value is -2.41. The van der Waals surface area contributed by atoms with Crippen molar-refractivity contribution in [1.82, 2.24) is 19.8 Å². The van der Waals surface area contributed by atoms with Gasteiger partial charge in [0, 0.05) is 39.1 Å². The molecule has 2 aromatic rings. The predicted molar refractivity (Wildman–Crippen MR) is 82.4 cm³/mol. The number of aryl methyl sites for hydroxylation is 1. The molecule has 1 N–H and O–H groups in total. The molecule has 1 saturated heterocycles. The molecule has 2 heterocycles. The van der Waals surface area contributed by atoms with E-state index in [0.717, 1.165) is 12.4 Å². The van der Waals surface area contributed by atoms with Crippen LogP contribution in [0, 0.1) is 5.82 Å². The maximum atomic E-state index is 12.9. The van der Waals surface area contributed by atoms with Gasteiger partial charge in [-0.1, -0.05) is 0 Å². The van der Waals surface area contributed by atoms with E-state index < -0.39 is 0 Å². The molecule has 1 aromatic carbocycles. The van der Waals surface area contributed by atoms with Gasteiger partial charge in [0.25, 0.3) is 5.91 Å². The number of ether oxygens (including phenoxy) is 1. The maximum Gasteiger partial charge on any atom is 0.261 e. The Kier molecular flexibility index (Phi) is 4.57. The van der Waals surface area contributed by atoms with Crippen molar-refractivity contribution in [3.05, 3.63) is 48.3 Å². The third-order valence-electron chi connectivity index (χ3n) is 3.90. The average molecular weight is 318 g/mol. The second kappa shape index (κ2) is 6.78. The maximum absolute atomic E-state index is 12.9. The number of halogens is 1. The first-order valence-corrected chi connectivity index (χ1v) is 7.51. The van der Waals surface area contributed by atoms with Gasteiger partial charge in [0.15, 0.2) is 6.61 Å². The Balaban J connectivity index is 1.66. The van der Waals surface area contributed by atoms with Crippen LogP contribution in [0.1, 0.15) is 11.9 Å². The van der Waals surface area contributed by atoms with E-state index in [-0.39, 0.29) is 24.4 Å². The number of nitrogens with one attached hydrogen (secondary N) is 1. The highest BCUT2D eigenvalue weighted by molar-refractivity contribution is 5.78. The highest BCUT2D eigenvalue weighted by Gasteiger charge is 2.30. The van der Waals surface area contributed by atoms with Crippen LogP contribution in [0.3, 0.4) is 0 Å². The van der Waals surface area contributed by atoms with Gasteiger partial charge in [-0.05, 0) is 24.3 Å². The van der Waals surface area contributed by atoms with Gasteiger partial charge < -0.3 is 19.5 Å². The summed E-state index contributed by atoms with van der Waals surface area (Å²) in [5, 5.41) is 3.29. The second-order valence-electron chi connectivity index (χ2n) is 5.45. The van der Waals surface area contributed by atoms with E-state index >= 15 is 0 Å². The Morgan fingerprint density at radius 1 is 1.43 bits per heavy atom. The molecule has 7 heteroatoms. The van der Waals surface area contributed by atoms with Crippen molar-refractivity contribution in [2.45, 2.75) is 6.04 Å². The molecule has 0 bridgehead atoms. The zero-order chi connectivity index (χ0) is 16.2. The first kappa shape index (κ1) is 15.5. The monoisotopic (exact) mass is 318 g/mol. The Labute approximate surface area is 133 Å². The lowest BCUT2D eigenvalue weighted by molar-refractivity contribution is -0.137. The van der Waals surface area contributed by atoms with Crippen LogP contribution in [0.5, 0.6) is 5.75 Å². The highest BCUT2D eigenvalue weighted by Crippen LogP contribution is 2.21. The van der Waals surface area contributed by atoms with E-state index in [1.807, 2.05) is 17.8 Å². The van der Waals surface area contributed by atoms with Crippen LogP contribution in [-0.2, 0) is 11.8 Å². The number of nitrogens with zero attached hydrogens (tertiary/aromatic N) is 3. The fraction of sp³-hybridized carbons (Fsp3) is 0.375. The van der Waals surface area contributed by atoms with E-state index in [2.05, 4.69) is 10.3 Å². The molecule has 23 heavy (non-hydrogen) atoms. The smallest absolute Gasteiger partial charge is 0.261 e. The van der Waals surface area contributed by atoms with Crippen molar-refractivity contribution in [2.24, 2.45) is 7.05 Å². The highest BCUT2D eigenvalue weighted by atomic mass is 19.1. The largest absolute Gasteiger partial charge is 0.484 e. The molecule has 1 atom stereocenters. The summed E-state index contributed by atoms with van der Waals surface area (Å²) in [5.74, 6) is 0.875. The van der Waals surface area contributed by atoms with Crippen molar-refractivity contribution in [3.8, 4) is 5.75 Å². The van der Waals surface area contributed by atoms with Gasteiger partial charge in [-0.25, -0.2) is 9.37 Å². The molecule has 1 aliphatic rings. The quantitative estimate of drug-likeness (QED) is 0.917. The van der Waals surface area contributed by atoms with Gasteiger partial charge in [-0.15, -0.1) is 0 Å². The topological polar surface area (TPSA) is 59.4 Å². The minimum atomic E-state index is -0.333. The molecule has 1 aromatic heterocycles. The van der Waals surface area contributed by atoms with Gasteiger partial charge in [0.1, 0.15) is 23.4 Å². The number of aromatic nitrogens is 2. The lowest BCUT2D eigenvalue weighted by Crippen LogP contribution is -2.50. The molecule has 1 unspecified atom stereocenters. The van der Waals surface area contributed by atoms with Crippen LogP contribution in [0.2, 0.25) is 0 Å². The van der Waals surface area contributed by atoms with Crippen LogP contribution in [-0.4, -0.2) is 46.6 Å². The first-order chi connectivity index (χ1) is 11.1. The number of piperazine rings is 1. The summed E-state index contributed by atoms with van der Waals surface area (Å²) >= 11 is 0. The minimum absolute atomic E-state index is 0.0768. The minimum Gasteiger partial charge on any atom is -0.484 e. The normalized spacial score (nSPS) is 18.0.